The van der Waals surface area contributed by atoms with Crippen LogP contribution in [0.2, 0.25) is 0 Å². The molecular weight excluding hydrogens is 350 g/mol. The number of hydrogen-bond donors (Lipinski definition) is 1. The highest BCUT2D eigenvalue weighted by atomic mass is 32.2. The second-order valence-corrected chi connectivity index (χ2v) is 7.80. The SMILES string of the molecule is CCn1cc(NC(=O)c2cccc(CS(=O)(=O)c3ccccc3)c2)cn1. The molecule has 7 heteroatoms. The van der Waals surface area contributed by atoms with E-state index in [4.69, 9.17) is 0 Å². The molecule has 0 aliphatic carbocycles. The van der Waals surface area contributed by atoms with E-state index in [0.29, 0.717) is 23.4 Å². The largest absolute Gasteiger partial charge is 0.319 e. The predicted molar refractivity (Wildman–Crippen MR) is 99.6 cm³/mol. The number of nitrogens with one attached hydrogen (secondary N) is 1. The quantitative estimate of drug-likeness (QED) is 0.724. The van der Waals surface area contributed by atoms with Gasteiger partial charge in [-0.1, -0.05) is 30.3 Å². The maximum atomic E-state index is 12.5. The minimum atomic E-state index is -3.46. The van der Waals surface area contributed by atoms with E-state index < -0.39 is 9.84 Å². The zero-order chi connectivity index (χ0) is 18.6. The molecule has 3 rings (SSSR count). The molecule has 26 heavy (non-hydrogen) atoms. The third-order valence-electron chi connectivity index (χ3n) is 3.86. The second-order valence-electron chi connectivity index (χ2n) is 5.81. The highest BCUT2D eigenvalue weighted by molar-refractivity contribution is 7.90. The Labute approximate surface area is 152 Å². The number of aromatic nitrogens is 2. The first-order valence-electron chi connectivity index (χ1n) is 8.18. The van der Waals surface area contributed by atoms with Crippen LogP contribution in [-0.2, 0) is 22.1 Å². The molecule has 0 saturated heterocycles. The van der Waals surface area contributed by atoms with Gasteiger partial charge in [0.05, 0.1) is 22.5 Å². The molecule has 0 radical (unpaired) electrons. The van der Waals surface area contributed by atoms with Gasteiger partial charge in [-0.05, 0) is 36.8 Å². The summed E-state index contributed by atoms with van der Waals surface area (Å²) in [5, 5.41) is 6.87. The molecule has 1 N–H and O–H groups in total. The average Bonchev–Trinajstić information content (AvgIpc) is 3.10. The van der Waals surface area contributed by atoms with Crippen molar-refractivity contribution in [3.8, 4) is 0 Å². The zero-order valence-electron chi connectivity index (χ0n) is 14.3. The molecule has 0 aliphatic heterocycles. The summed E-state index contributed by atoms with van der Waals surface area (Å²) in [5.74, 6) is -0.467. The summed E-state index contributed by atoms with van der Waals surface area (Å²) in [6.45, 7) is 2.66. The highest BCUT2D eigenvalue weighted by Crippen LogP contribution is 2.17. The molecule has 1 heterocycles. The van der Waals surface area contributed by atoms with E-state index in [1.165, 1.54) is 0 Å². The van der Waals surface area contributed by atoms with Crippen LogP contribution >= 0.6 is 0 Å². The summed E-state index contributed by atoms with van der Waals surface area (Å²) in [6.07, 6.45) is 3.31. The number of rotatable bonds is 6. The van der Waals surface area contributed by atoms with Gasteiger partial charge in [0.15, 0.2) is 9.84 Å². The molecular formula is C19H19N3O3S. The van der Waals surface area contributed by atoms with Gasteiger partial charge in [0.1, 0.15) is 0 Å². The number of anilines is 1. The molecule has 0 bridgehead atoms. The molecule has 0 spiro atoms. The van der Waals surface area contributed by atoms with Gasteiger partial charge in [-0.2, -0.15) is 5.10 Å². The van der Waals surface area contributed by atoms with Gasteiger partial charge < -0.3 is 5.32 Å². The summed E-state index contributed by atoms with van der Waals surface area (Å²) >= 11 is 0. The van der Waals surface area contributed by atoms with E-state index in [0.717, 1.165) is 0 Å². The first-order chi connectivity index (χ1) is 12.5. The smallest absolute Gasteiger partial charge is 0.255 e. The van der Waals surface area contributed by atoms with Crippen LogP contribution < -0.4 is 5.32 Å². The Bertz CT molecular complexity index is 1010. The van der Waals surface area contributed by atoms with E-state index in [9.17, 15) is 13.2 Å². The Hall–Kier alpha value is -2.93. The van der Waals surface area contributed by atoms with Crippen molar-refractivity contribution >= 4 is 21.4 Å². The van der Waals surface area contributed by atoms with Crippen molar-refractivity contribution in [3.05, 3.63) is 78.1 Å². The lowest BCUT2D eigenvalue weighted by Crippen LogP contribution is -2.12. The first kappa shape index (κ1) is 17.9. The number of sulfone groups is 1. The number of hydrogen-bond acceptors (Lipinski definition) is 4. The average molecular weight is 369 g/mol. The topological polar surface area (TPSA) is 81.1 Å². The van der Waals surface area contributed by atoms with Gasteiger partial charge >= 0.3 is 0 Å². The second kappa shape index (κ2) is 7.53. The molecule has 3 aromatic rings. The predicted octanol–water partition coefficient (Wildman–Crippen LogP) is 3.13. The number of amides is 1. The Morgan fingerprint density at radius 1 is 1.12 bits per heavy atom. The normalized spacial score (nSPS) is 11.3. The molecule has 1 aromatic heterocycles. The van der Waals surface area contributed by atoms with Crippen LogP contribution in [0.25, 0.3) is 0 Å². The van der Waals surface area contributed by atoms with E-state index in [2.05, 4.69) is 10.4 Å². The molecule has 0 atom stereocenters. The van der Waals surface area contributed by atoms with Crippen molar-refractivity contribution in [1.29, 1.82) is 0 Å². The van der Waals surface area contributed by atoms with Crippen molar-refractivity contribution in [3.63, 3.8) is 0 Å². The number of benzene rings is 2. The standard InChI is InChI=1S/C19H19N3O3S/c1-2-22-13-17(12-20-22)21-19(23)16-8-6-7-15(11-16)14-26(24,25)18-9-4-3-5-10-18/h3-13H,2,14H2,1H3,(H,21,23). The monoisotopic (exact) mass is 369 g/mol. The Kier molecular flexibility index (Phi) is 5.18. The van der Waals surface area contributed by atoms with E-state index in [1.807, 2.05) is 6.92 Å². The van der Waals surface area contributed by atoms with Crippen LogP contribution in [0.3, 0.4) is 0 Å². The fraction of sp³-hybridized carbons (Fsp3) is 0.158. The lowest BCUT2D eigenvalue weighted by atomic mass is 10.1. The number of aryl methyl sites for hydroxylation is 1. The van der Waals surface area contributed by atoms with Crippen molar-refractivity contribution in [1.82, 2.24) is 9.78 Å². The van der Waals surface area contributed by atoms with Gasteiger partial charge in [0.2, 0.25) is 0 Å². The Morgan fingerprint density at radius 2 is 1.88 bits per heavy atom. The number of carbonyl (C=O) groups is 1. The van der Waals surface area contributed by atoms with E-state index in [-0.39, 0.29) is 16.6 Å². The van der Waals surface area contributed by atoms with Crippen molar-refractivity contribution in [2.45, 2.75) is 24.1 Å². The Morgan fingerprint density at radius 3 is 2.58 bits per heavy atom. The van der Waals surface area contributed by atoms with Gasteiger partial charge in [-0.3, -0.25) is 9.48 Å². The lowest BCUT2D eigenvalue weighted by molar-refractivity contribution is 0.102. The Balaban J connectivity index is 1.76. The first-order valence-corrected chi connectivity index (χ1v) is 9.84. The molecule has 1 amide bonds. The van der Waals surface area contributed by atoms with Crippen LogP contribution in [-0.4, -0.2) is 24.1 Å². The molecule has 0 unspecified atom stereocenters. The fourth-order valence-corrected chi connectivity index (χ4v) is 3.89. The van der Waals surface area contributed by atoms with Gasteiger partial charge in [0.25, 0.3) is 5.91 Å². The minimum Gasteiger partial charge on any atom is -0.319 e. The molecule has 2 aromatic carbocycles. The molecule has 0 fully saturated rings. The summed E-state index contributed by atoms with van der Waals surface area (Å²) in [7, 11) is -3.46. The zero-order valence-corrected chi connectivity index (χ0v) is 15.1. The summed E-state index contributed by atoms with van der Waals surface area (Å²) < 4.78 is 26.7. The summed E-state index contributed by atoms with van der Waals surface area (Å²) in [4.78, 5) is 12.7. The molecule has 134 valence electrons. The summed E-state index contributed by atoms with van der Waals surface area (Å²) in [5.41, 5.74) is 1.56. The van der Waals surface area contributed by atoms with Crippen LogP contribution in [0.4, 0.5) is 5.69 Å². The maximum Gasteiger partial charge on any atom is 0.255 e. The third-order valence-corrected chi connectivity index (χ3v) is 5.57. The maximum absolute atomic E-state index is 12.5. The van der Waals surface area contributed by atoms with Crippen LogP contribution in [0.1, 0.15) is 22.8 Å². The van der Waals surface area contributed by atoms with E-state index in [1.54, 1.807) is 71.7 Å². The van der Waals surface area contributed by atoms with Gasteiger partial charge in [-0.15, -0.1) is 0 Å². The lowest BCUT2D eigenvalue weighted by Gasteiger charge is -2.07. The van der Waals surface area contributed by atoms with Crippen LogP contribution in [0.15, 0.2) is 71.9 Å². The fourth-order valence-electron chi connectivity index (χ4n) is 2.54. The molecule has 0 saturated carbocycles. The third kappa shape index (κ3) is 4.18. The van der Waals surface area contributed by atoms with E-state index >= 15 is 0 Å². The van der Waals surface area contributed by atoms with Crippen molar-refractivity contribution in [2.24, 2.45) is 0 Å². The van der Waals surface area contributed by atoms with Crippen molar-refractivity contribution < 1.29 is 13.2 Å². The van der Waals surface area contributed by atoms with Crippen molar-refractivity contribution in [2.75, 3.05) is 5.32 Å². The summed E-state index contributed by atoms with van der Waals surface area (Å²) in [6, 6.07) is 14.9. The number of carbonyl (C=O) groups excluding carboxylic acids is 1. The molecule has 6 nitrogen and oxygen atoms in total. The highest BCUT2D eigenvalue weighted by Gasteiger charge is 2.16. The minimum absolute atomic E-state index is 0.161. The van der Waals surface area contributed by atoms with Crippen LogP contribution in [0, 0.1) is 0 Å². The van der Waals surface area contributed by atoms with Gasteiger partial charge in [0, 0.05) is 18.3 Å². The van der Waals surface area contributed by atoms with Gasteiger partial charge in [-0.25, -0.2) is 8.42 Å². The number of nitrogens with zero attached hydrogens (tertiary/aromatic N) is 2. The van der Waals surface area contributed by atoms with Crippen LogP contribution in [0.5, 0.6) is 0 Å². The molecule has 0 aliphatic rings.